The van der Waals surface area contributed by atoms with E-state index in [4.69, 9.17) is 16.2 Å². The smallest absolute Gasteiger partial charge is 0.156 e. The minimum Gasteiger partial charge on any atom is -0.394 e. The summed E-state index contributed by atoms with van der Waals surface area (Å²) in [5.41, 5.74) is 12.0. The number of hydrogen-bond donors (Lipinski definition) is 5. The van der Waals surface area contributed by atoms with Gasteiger partial charge in [0.25, 0.3) is 0 Å². The maximum Gasteiger partial charge on any atom is 0.156 e. The zero-order valence-electron chi connectivity index (χ0n) is 11.6. The van der Waals surface area contributed by atoms with Gasteiger partial charge in [-0.25, -0.2) is 11.1 Å². The first-order chi connectivity index (χ1) is 9.56. The van der Waals surface area contributed by atoms with Crippen molar-refractivity contribution in [1.29, 1.82) is 11.1 Å². The molecular formula is C11H22N8O. The Hall–Kier alpha value is -2.68. The van der Waals surface area contributed by atoms with Crippen LogP contribution in [0.25, 0.3) is 0 Å². The highest BCUT2D eigenvalue weighted by molar-refractivity contribution is 5.53. The molecule has 0 saturated heterocycles. The summed E-state index contributed by atoms with van der Waals surface area (Å²) in [5, 5.41) is 19.2. The fourth-order valence-corrected chi connectivity index (χ4v) is 0.452. The summed E-state index contributed by atoms with van der Waals surface area (Å²) in [5.74, 6) is 8.99. The highest BCUT2D eigenvalue weighted by atomic mass is 16.3. The lowest BCUT2D eigenvalue weighted by Crippen LogP contribution is -1.85. The van der Waals surface area contributed by atoms with E-state index in [1.54, 1.807) is 13.8 Å². The summed E-state index contributed by atoms with van der Waals surface area (Å²) in [6.45, 7) is 3.44. The third kappa shape index (κ3) is 58.6. The summed E-state index contributed by atoms with van der Waals surface area (Å²) in [4.78, 5) is 0. The van der Waals surface area contributed by atoms with Crippen molar-refractivity contribution in [2.45, 2.75) is 20.0 Å². The van der Waals surface area contributed by atoms with Gasteiger partial charge in [0, 0.05) is 6.10 Å². The van der Waals surface area contributed by atoms with Crippen LogP contribution in [0.15, 0.2) is 56.8 Å². The fraction of sp³-hybridized carbons (Fsp3) is 0.273. The minimum absolute atomic E-state index is 0.167. The van der Waals surface area contributed by atoms with Gasteiger partial charge in [-0.2, -0.15) is 10.2 Å². The predicted octanol–water partition coefficient (Wildman–Crippen LogP) is 1.91. The van der Waals surface area contributed by atoms with E-state index < -0.39 is 0 Å². The molecule has 20 heavy (non-hydrogen) atoms. The molecule has 0 aliphatic rings. The number of aliphatic hydroxyl groups excluding tert-OH is 1. The van der Waals surface area contributed by atoms with Crippen molar-refractivity contribution >= 4 is 12.7 Å². The van der Waals surface area contributed by atoms with Crippen molar-refractivity contribution in [2.24, 2.45) is 32.1 Å². The van der Waals surface area contributed by atoms with Gasteiger partial charge >= 0.3 is 0 Å². The van der Waals surface area contributed by atoms with Crippen LogP contribution in [-0.4, -0.2) is 23.9 Å². The van der Waals surface area contributed by atoms with Gasteiger partial charge in [-0.3, -0.25) is 0 Å². The second kappa shape index (κ2) is 25.2. The standard InChI is InChI=1S/C6H6.C3H8O.2CH4N4/c1-2-4-6-5-3-1;1-3(2)4;2*2-4-1-5-3/h1-6H;3-4H,1-2H3;2*1-2H,3H2. The van der Waals surface area contributed by atoms with Gasteiger partial charge in [0.15, 0.2) is 12.7 Å². The van der Waals surface area contributed by atoms with E-state index in [1.807, 2.05) is 36.4 Å². The molecule has 0 aromatic heterocycles. The molecule has 1 aromatic rings. The van der Waals surface area contributed by atoms with E-state index in [2.05, 4.69) is 32.1 Å². The molecule has 0 amide bonds. The summed E-state index contributed by atoms with van der Waals surface area (Å²) < 4.78 is 0. The molecule has 7 N–H and O–H groups in total. The van der Waals surface area contributed by atoms with Gasteiger partial charge in [0.05, 0.1) is 0 Å². The van der Waals surface area contributed by atoms with Crippen LogP contribution in [0.1, 0.15) is 13.8 Å². The van der Waals surface area contributed by atoms with Crippen LogP contribution in [0.4, 0.5) is 0 Å². The maximum absolute atomic E-state index is 8.06. The Balaban J connectivity index is -0.000000195. The molecule has 0 fully saturated rings. The second-order valence-corrected chi connectivity index (χ2v) is 3.04. The molecule has 112 valence electrons. The van der Waals surface area contributed by atoms with Crippen LogP contribution in [0, 0.1) is 11.1 Å². The molecule has 0 bridgehead atoms. The Labute approximate surface area is 118 Å². The summed E-state index contributed by atoms with van der Waals surface area (Å²) in [6.07, 6.45) is 1.72. The Morgan fingerprint density at radius 1 is 0.850 bits per heavy atom. The van der Waals surface area contributed by atoms with Gasteiger partial charge in [-0.1, -0.05) is 36.4 Å². The van der Waals surface area contributed by atoms with Gasteiger partial charge in [-0.05, 0) is 13.8 Å². The number of hydrogen-bond acceptors (Lipinski definition) is 7. The molecule has 9 heteroatoms. The fourth-order valence-electron chi connectivity index (χ4n) is 0.452. The van der Waals surface area contributed by atoms with Crippen LogP contribution >= 0.6 is 0 Å². The SMILES string of the molecule is CC(C)O.N=NC=NN.N=NC=NN.c1ccccc1. The van der Waals surface area contributed by atoms with E-state index in [1.165, 1.54) is 0 Å². The zero-order valence-corrected chi connectivity index (χ0v) is 11.6. The highest BCUT2D eigenvalue weighted by Gasteiger charge is 1.69. The molecule has 0 saturated carbocycles. The molecule has 0 unspecified atom stereocenters. The maximum atomic E-state index is 8.06. The first-order valence-corrected chi connectivity index (χ1v) is 5.41. The monoisotopic (exact) mass is 282 g/mol. The normalized spacial score (nSPS) is 8.60. The van der Waals surface area contributed by atoms with Crippen molar-refractivity contribution in [2.75, 3.05) is 0 Å². The number of rotatable bonds is 2. The summed E-state index contributed by atoms with van der Waals surface area (Å²) in [6, 6.07) is 12.0. The van der Waals surface area contributed by atoms with E-state index in [0.29, 0.717) is 0 Å². The Morgan fingerprint density at radius 2 is 1.05 bits per heavy atom. The molecule has 0 spiro atoms. The molecule has 9 nitrogen and oxygen atoms in total. The average molecular weight is 282 g/mol. The number of nitrogens with zero attached hydrogens (tertiary/aromatic N) is 4. The quantitative estimate of drug-likeness (QED) is 0.184. The lowest BCUT2D eigenvalue weighted by atomic mass is 10.4. The number of nitrogens with two attached hydrogens (primary N) is 2. The van der Waals surface area contributed by atoms with E-state index in [9.17, 15) is 0 Å². The highest BCUT2D eigenvalue weighted by Crippen LogP contribution is 1.79. The Kier molecular flexibility index (Phi) is 28.4. The molecule has 0 atom stereocenters. The topological polar surface area (TPSA) is 169 Å². The van der Waals surface area contributed by atoms with E-state index in [0.717, 1.165) is 12.7 Å². The summed E-state index contributed by atoms with van der Waals surface area (Å²) >= 11 is 0. The third-order valence-corrected chi connectivity index (χ3v) is 0.915. The number of benzene rings is 1. The largest absolute Gasteiger partial charge is 0.394 e. The molecule has 0 aliphatic carbocycles. The molecule has 0 heterocycles. The lowest BCUT2D eigenvalue weighted by Gasteiger charge is -1.80. The molecule has 0 aliphatic heterocycles. The van der Waals surface area contributed by atoms with Crippen molar-refractivity contribution in [1.82, 2.24) is 0 Å². The summed E-state index contributed by atoms with van der Waals surface area (Å²) in [7, 11) is 0. The van der Waals surface area contributed by atoms with Gasteiger partial charge in [0.2, 0.25) is 0 Å². The number of aliphatic hydroxyl groups is 1. The van der Waals surface area contributed by atoms with Crippen LogP contribution in [0.5, 0.6) is 0 Å². The van der Waals surface area contributed by atoms with E-state index in [-0.39, 0.29) is 6.10 Å². The molecule has 0 radical (unpaired) electrons. The van der Waals surface area contributed by atoms with Crippen molar-refractivity contribution < 1.29 is 5.11 Å². The molecular weight excluding hydrogens is 260 g/mol. The molecule has 1 aromatic carbocycles. The minimum atomic E-state index is -0.167. The van der Waals surface area contributed by atoms with Crippen LogP contribution in [0.3, 0.4) is 0 Å². The lowest BCUT2D eigenvalue weighted by molar-refractivity contribution is 0.216. The Morgan fingerprint density at radius 3 is 1.10 bits per heavy atom. The van der Waals surface area contributed by atoms with Crippen molar-refractivity contribution in [3.8, 4) is 0 Å². The van der Waals surface area contributed by atoms with Gasteiger partial charge < -0.3 is 16.8 Å². The van der Waals surface area contributed by atoms with Crippen LogP contribution in [-0.2, 0) is 0 Å². The Bertz CT molecular complexity index is 294. The van der Waals surface area contributed by atoms with Gasteiger partial charge in [0.1, 0.15) is 0 Å². The van der Waals surface area contributed by atoms with Crippen molar-refractivity contribution in [3.63, 3.8) is 0 Å². The predicted molar refractivity (Wildman–Crippen MR) is 79.5 cm³/mol. The number of hydrazone groups is 2. The number of nitrogens with one attached hydrogen (secondary N) is 2. The van der Waals surface area contributed by atoms with Crippen molar-refractivity contribution in [3.05, 3.63) is 36.4 Å². The second-order valence-electron chi connectivity index (χ2n) is 3.04. The zero-order chi connectivity index (χ0) is 16.1. The average Bonchev–Trinajstić information content (AvgIpc) is 2.43. The van der Waals surface area contributed by atoms with Crippen LogP contribution in [0.2, 0.25) is 0 Å². The van der Waals surface area contributed by atoms with Gasteiger partial charge in [-0.15, -0.1) is 10.2 Å². The third-order valence-electron chi connectivity index (χ3n) is 0.915. The molecule has 1 rings (SSSR count). The first-order valence-electron chi connectivity index (χ1n) is 5.41. The van der Waals surface area contributed by atoms with E-state index >= 15 is 0 Å². The van der Waals surface area contributed by atoms with Crippen LogP contribution < -0.4 is 11.7 Å². The first kappa shape index (κ1) is 22.5.